The van der Waals surface area contributed by atoms with E-state index in [1.807, 2.05) is 18.2 Å². The van der Waals surface area contributed by atoms with Crippen LogP contribution in [0.1, 0.15) is 32.3 Å². The number of unbranched alkanes of at least 4 members (excludes halogenated alkanes) is 1. The number of anilines is 1. The van der Waals surface area contributed by atoms with E-state index in [2.05, 4.69) is 65.4 Å². The lowest BCUT2D eigenvalue weighted by Crippen LogP contribution is -2.46. The third-order valence-corrected chi connectivity index (χ3v) is 7.78. The fourth-order valence-electron chi connectivity index (χ4n) is 4.55. The number of carbonyl (C=O) groups is 1. The van der Waals surface area contributed by atoms with Gasteiger partial charge in [-0.3, -0.25) is 9.69 Å². The number of hydrogen-bond donors (Lipinski definition) is 1. The quantitative estimate of drug-likeness (QED) is 0.574. The molecule has 2 aromatic rings. The van der Waals surface area contributed by atoms with Crippen LogP contribution < -0.4 is 15.0 Å². The molecule has 0 bridgehead atoms. The van der Waals surface area contributed by atoms with Gasteiger partial charge in [0.15, 0.2) is 0 Å². The number of nitrogens with one attached hydrogen (secondary N) is 1. The Morgan fingerprint density at radius 2 is 1.76 bits per heavy atom. The van der Waals surface area contributed by atoms with Crippen molar-refractivity contribution in [2.45, 2.75) is 36.3 Å². The van der Waals surface area contributed by atoms with Gasteiger partial charge in [0.2, 0.25) is 5.91 Å². The summed E-state index contributed by atoms with van der Waals surface area (Å²) in [5.74, 6) is 1.01. The summed E-state index contributed by atoms with van der Waals surface area (Å²) in [6, 6.07) is 16.5. The SMILES string of the molecule is COc1ccccc1N1CCN(CCCCNC(=O)C2=Cc3ccccc3SC2(C)C)CC1. The monoisotopic (exact) mass is 465 g/mol. The number of ether oxygens (including phenoxy) is 1. The molecule has 33 heavy (non-hydrogen) atoms. The van der Waals surface area contributed by atoms with E-state index in [9.17, 15) is 4.79 Å². The first-order valence-electron chi connectivity index (χ1n) is 11.9. The molecule has 0 saturated carbocycles. The Balaban J connectivity index is 1.19. The van der Waals surface area contributed by atoms with Gasteiger partial charge in [0.05, 0.1) is 12.8 Å². The van der Waals surface area contributed by atoms with E-state index in [0.717, 1.165) is 69.0 Å². The van der Waals surface area contributed by atoms with Crippen LogP contribution in [-0.4, -0.2) is 61.9 Å². The van der Waals surface area contributed by atoms with Crippen molar-refractivity contribution in [3.8, 4) is 5.75 Å². The van der Waals surface area contributed by atoms with Gasteiger partial charge in [-0.15, -0.1) is 11.8 Å². The summed E-state index contributed by atoms with van der Waals surface area (Å²) in [7, 11) is 1.73. The Morgan fingerprint density at radius 3 is 2.55 bits per heavy atom. The molecule has 2 aromatic carbocycles. The van der Waals surface area contributed by atoms with E-state index in [4.69, 9.17) is 4.74 Å². The van der Waals surface area contributed by atoms with Crippen molar-refractivity contribution in [1.82, 2.24) is 10.2 Å². The molecular formula is C27H35N3O2S. The summed E-state index contributed by atoms with van der Waals surface area (Å²) in [4.78, 5) is 19.1. The Kier molecular flexibility index (Phi) is 7.66. The van der Waals surface area contributed by atoms with Crippen LogP contribution in [0, 0.1) is 0 Å². The van der Waals surface area contributed by atoms with E-state index >= 15 is 0 Å². The van der Waals surface area contributed by atoms with Crippen molar-refractivity contribution in [3.63, 3.8) is 0 Å². The van der Waals surface area contributed by atoms with E-state index in [1.165, 1.54) is 10.6 Å². The van der Waals surface area contributed by atoms with Crippen molar-refractivity contribution >= 4 is 29.4 Å². The van der Waals surface area contributed by atoms with E-state index < -0.39 is 0 Å². The summed E-state index contributed by atoms with van der Waals surface area (Å²) >= 11 is 1.77. The van der Waals surface area contributed by atoms with Crippen LogP contribution in [0.5, 0.6) is 5.75 Å². The van der Waals surface area contributed by atoms with Crippen molar-refractivity contribution in [2.24, 2.45) is 0 Å². The van der Waals surface area contributed by atoms with Crippen molar-refractivity contribution < 1.29 is 9.53 Å². The molecule has 1 amide bonds. The highest BCUT2D eigenvalue weighted by atomic mass is 32.2. The van der Waals surface area contributed by atoms with E-state index in [0.29, 0.717) is 0 Å². The van der Waals surface area contributed by atoms with E-state index in [1.54, 1.807) is 18.9 Å². The Morgan fingerprint density at radius 1 is 1.03 bits per heavy atom. The molecule has 1 fully saturated rings. The minimum Gasteiger partial charge on any atom is -0.495 e. The highest BCUT2D eigenvalue weighted by Gasteiger charge is 2.33. The lowest BCUT2D eigenvalue weighted by Gasteiger charge is -2.36. The molecular weight excluding hydrogens is 430 g/mol. The molecule has 2 aliphatic rings. The summed E-state index contributed by atoms with van der Waals surface area (Å²) < 4.78 is 5.29. The van der Waals surface area contributed by atoms with Gasteiger partial charge >= 0.3 is 0 Å². The van der Waals surface area contributed by atoms with Gasteiger partial charge < -0.3 is 15.0 Å². The second kappa shape index (κ2) is 10.7. The lowest BCUT2D eigenvalue weighted by molar-refractivity contribution is -0.117. The molecule has 1 N–H and O–H groups in total. The van der Waals surface area contributed by atoms with Gasteiger partial charge in [-0.2, -0.15) is 0 Å². The smallest absolute Gasteiger partial charge is 0.248 e. The molecule has 0 spiro atoms. The van der Waals surface area contributed by atoms with Gasteiger partial charge in [0.25, 0.3) is 0 Å². The summed E-state index contributed by atoms with van der Waals surface area (Å²) in [5, 5.41) is 3.16. The maximum absolute atomic E-state index is 12.9. The molecule has 0 radical (unpaired) electrons. The summed E-state index contributed by atoms with van der Waals surface area (Å²) in [5.41, 5.74) is 3.18. The van der Waals surface area contributed by atoms with Crippen LogP contribution >= 0.6 is 11.8 Å². The average Bonchev–Trinajstić information content (AvgIpc) is 2.83. The first-order valence-corrected chi connectivity index (χ1v) is 12.7. The molecule has 0 atom stereocenters. The Bertz CT molecular complexity index is 996. The molecule has 6 heteroatoms. The fraction of sp³-hybridized carbons (Fsp3) is 0.444. The predicted octanol–water partition coefficient (Wildman–Crippen LogP) is 4.68. The van der Waals surface area contributed by atoms with Crippen LogP contribution in [0.3, 0.4) is 0 Å². The van der Waals surface area contributed by atoms with Gasteiger partial charge in [-0.1, -0.05) is 30.3 Å². The predicted molar refractivity (Wildman–Crippen MR) is 138 cm³/mol. The second-order valence-electron chi connectivity index (χ2n) is 9.17. The molecule has 0 unspecified atom stereocenters. The Hall–Kier alpha value is -2.44. The fourth-order valence-corrected chi connectivity index (χ4v) is 5.75. The van der Waals surface area contributed by atoms with Gasteiger partial charge in [-0.25, -0.2) is 0 Å². The first-order chi connectivity index (χ1) is 16.0. The second-order valence-corrected chi connectivity index (χ2v) is 10.8. The first kappa shape index (κ1) is 23.7. The van der Waals surface area contributed by atoms with Crippen LogP contribution in [0.25, 0.3) is 6.08 Å². The van der Waals surface area contributed by atoms with Gasteiger partial charge in [0, 0.05) is 47.9 Å². The minimum atomic E-state index is -0.223. The topological polar surface area (TPSA) is 44.8 Å². The zero-order valence-corrected chi connectivity index (χ0v) is 20.8. The lowest BCUT2D eigenvalue weighted by atomic mass is 9.97. The zero-order chi connectivity index (χ0) is 23.3. The number of methoxy groups -OCH3 is 1. The van der Waals surface area contributed by atoms with Crippen LogP contribution in [-0.2, 0) is 4.79 Å². The summed E-state index contributed by atoms with van der Waals surface area (Å²) in [6.07, 6.45) is 4.15. The third kappa shape index (κ3) is 5.74. The molecule has 0 aromatic heterocycles. The minimum absolute atomic E-state index is 0.0624. The van der Waals surface area contributed by atoms with Crippen molar-refractivity contribution in [1.29, 1.82) is 0 Å². The maximum atomic E-state index is 12.9. The van der Waals surface area contributed by atoms with E-state index in [-0.39, 0.29) is 10.7 Å². The maximum Gasteiger partial charge on any atom is 0.248 e. The highest BCUT2D eigenvalue weighted by Crippen LogP contribution is 2.44. The largest absolute Gasteiger partial charge is 0.495 e. The third-order valence-electron chi connectivity index (χ3n) is 6.46. The van der Waals surface area contributed by atoms with Crippen LogP contribution in [0.15, 0.2) is 59.0 Å². The number of carbonyl (C=O) groups excluding carboxylic acids is 1. The van der Waals surface area contributed by atoms with Crippen LogP contribution in [0.2, 0.25) is 0 Å². The molecule has 2 heterocycles. The molecule has 4 rings (SSSR count). The number of rotatable bonds is 8. The molecule has 5 nitrogen and oxygen atoms in total. The molecule has 0 aliphatic carbocycles. The number of hydrogen-bond acceptors (Lipinski definition) is 5. The number of para-hydroxylation sites is 2. The normalized spacial score (nSPS) is 17.8. The molecule has 2 aliphatic heterocycles. The standard InChI is InChI=1S/C27H35N3O2S/c1-27(2)22(20-21-10-4-7-13-25(21)33-27)26(31)28-14-8-9-15-29-16-18-30(19-17-29)23-11-5-6-12-24(23)32-3/h4-7,10-13,20H,8-9,14-19H2,1-3H3,(H,28,31). The number of benzene rings is 2. The highest BCUT2D eigenvalue weighted by molar-refractivity contribution is 8.01. The van der Waals surface area contributed by atoms with Crippen LogP contribution in [0.4, 0.5) is 5.69 Å². The number of nitrogens with zero attached hydrogens (tertiary/aromatic N) is 2. The van der Waals surface area contributed by atoms with Crippen molar-refractivity contribution in [2.75, 3.05) is 51.3 Å². The number of piperazine rings is 1. The number of amides is 1. The van der Waals surface area contributed by atoms with Gasteiger partial charge in [-0.05, 0) is 63.1 Å². The number of fused-ring (bicyclic) bond motifs is 1. The van der Waals surface area contributed by atoms with Gasteiger partial charge in [0.1, 0.15) is 5.75 Å². The summed E-state index contributed by atoms with van der Waals surface area (Å²) in [6.45, 7) is 10.2. The molecule has 1 saturated heterocycles. The zero-order valence-electron chi connectivity index (χ0n) is 20.0. The van der Waals surface area contributed by atoms with Crippen molar-refractivity contribution in [3.05, 3.63) is 59.7 Å². The Labute approximate surface area is 202 Å². The number of thioether (sulfide) groups is 1. The average molecular weight is 466 g/mol. The molecule has 176 valence electrons.